The van der Waals surface area contributed by atoms with Crippen LogP contribution in [0.3, 0.4) is 0 Å². The Morgan fingerprint density at radius 2 is 2.05 bits per heavy atom. The van der Waals surface area contributed by atoms with Gasteiger partial charge in [-0.15, -0.1) is 0 Å². The minimum atomic E-state index is 0.232. The van der Waals surface area contributed by atoms with E-state index >= 15 is 0 Å². The molecule has 20 heavy (non-hydrogen) atoms. The van der Waals surface area contributed by atoms with Crippen LogP contribution in [0.4, 0.5) is 0 Å². The van der Waals surface area contributed by atoms with Crippen molar-refractivity contribution in [2.24, 2.45) is 0 Å². The zero-order valence-electron chi connectivity index (χ0n) is 11.6. The molecule has 2 rings (SSSR count). The minimum Gasteiger partial charge on any atom is -0.508 e. The van der Waals surface area contributed by atoms with E-state index in [4.69, 9.17) is 0 Å². The predicted octanol–water partition coefficient (Wildman–Crippen LogP) is 2.65. The number of phenols is 1. The van der Waals surface area contributed by atoms with E-state index in [0.717, 1.165) is 36.0 Å². The fourth-order valence-electron chi connectivity index (χ4n) is 2.42. The first-order chi connectivity index (χ1) is 9.66. The summed E-state index contributed by atoms with van der Waals surface area (Å²) in [5.41, 5.74) is 0.838. The highest BCUT2D eigenvalue weighted by atomic mass is 79.9. The van der Waals surface area contributed by atoms with Crippen LogP contribution in [0.25, 0.3) is 0 Å². The molecule has 0 unspecified atom stereocenters. The summed E-state index contributed by atoms with van der Waals surface area (Å²) in [6, 6.07) is 5.35. The van der Waals surface area contributed by atoms with Gasteiger partial charge in [0.1, 0.15) is 5.75 Å². The average Bonchev–Trinajstić information content (AvgIpc) is 2.47. The Morgan fingerprint density at radius 3 is 2.80 bits per heavy atom. The van der Waals surface area contributed by atoms with Crippen molar-refractivity contribution in [1.82, 2.24) is 10.2 Å². The van der Waals surface area contributed by atoms with Gasteiger partial charge in [-0.3, -0.25) is 4.79 Å². The van der Waals surface area contributed by atoms with Gasteiger partial charge in [-0.2, -0.15) is 0 Å². The number of likely N-dealkylation sites (tertiary alicyclic amines) is 1. The van der Waals surface area contributed by atoms with Crippen LogP contribution in [0.1, 0.15) is 31.2 Å². The molecule has 0 bridgehead atoms. The second-order valence-corrected chi connectivity index (χ2v) is 6.06. The van der Waals surface area contributed by atoms with Gasteiger partial charge < -0.3 is 15.3 Å². The van der Waals surface area contributed by atoms with Crippen LogP contribution < -0.4 is 5.32 Å². The summed E-state index contributed by atoms with van der Waals surface area (Å²) < 4.78 is 0.941. The highest BCUT2D eigenvalue weighted by Gasteiger charge is 2.15. The van der Waals surface area contributed by atoms with Crippen LogP contribution in [-0.4, -0.2) is 35.5 Å². The summed E-state index contributed by atoms with van der Waals surface area (Å²) in [4.78, 5) is 13.9. The van der Waals surface area contributed by atoms with E-state index in [1.54, 1.807) is 12.1 Å². The van der Waals surface area contributed by atoms with E-state index < -0.39 is 0 Å². The molecule has 1 heterocycles. The minimum absolute atomic E-state index is 0.232. The molecular formula is C15H21BrN2O2. The number of carbonyl (C=O) groups excluding carboxylic acids is 1. The van der Waals surface area contributed by atoms with Crippen molar-refractivity contribution in [2.45, 2.75) is 32.2 Å². The fraction of sp³-hybridized carbons (Fsp3) is 0.533. The standard InChI is InChI=1S/C15H21BrN2O2/c16-13-4-5-14(19)12(10-13)11-17-7-6-15(20)18-8-2-1-3-9-18/h4-5,10,17,19H,1-3,6-9,11H2. The van der Waals surface area contributed by atoms with Gasteiger partial charge >= 0.3 is 0 Å². The lowest BCUT2D eigenvalue weighted by molar-refractivity contribution is -0.131. The Bertz CT molecular complexity index is 459. The van der Waals surface area contributed by atoms with Crippen molar-refractivity contribution < 1.29 is 9.90 Å². The van der Waals surface area contributed by atoms with Crippen molar-refractivity contribution in [3.63, 3.8) is 0 Å². The molecule has 1 fully saturated rings. The van der Waals surface area contributed by atoms with Crippen LogP contribution >= 0.6 is 15.9 Å². The molecule has 2 N–H and O–H groups in total. The van der Waals surface area contributed by atoms with Gasteiger partial charge in [-0.1, -0.05) is 15.9 Å². The lowest BCUT2D eigenvalue weighted by Gasteiger charge is -2.26. The van der Waals surface area contributed by atoms with Crippen molar-refractivity contribution in [1.29, 1.82) is 0 Å². The summed E-state index contributed by atoms with van der Waals surface area (Å²) in [7, 11) is 0. The third-order valence-electron chi connectivity index (χ3n) is 3.58. The number of phenolic OH excluding ortho intramolecular Hbond substituents is 1. The number of amides is 1. The molecule has 0 radical (unpaired) electrons. The van der Waals surface area contributed by atoms with E-state index in [1.165, 1.54) is 6.42 Å². The molecule has 110 valence electrons. The fourth-order valence-corrected chi connectivity index (χ4v) is 2.82. The van der Waals surface area contributed by atoms with Gasteiger partial charge in [0.05, 0.1) is 0 Å². The van der Waals surface area contributed by atoms with Crippen LogP contribution in [0.15, 0.2) is 22.7 Å². The maximum Gasteiger partial charge on any atom is 0.223 e. The van der Waals surface area contributed by atoms with E-state index in [9.17, 15) is 9.90 Å². The maximum absolute atomic E-state index is 12.0. The Morgan fingerprint density at radius 1 is 1.30 bits per heavy atom. The molecule has 0 atom stereocenters. The third kappa shape index (κ3) is 4.49. The number of halogens is 1. The Hall–Kier alpha value is -1.07. The third-order valence-corrected chi connectivity index (χ3v) is 4.07. The lowest BCUT2D eigenvalue weighted by atomic mass is 10.1. The largest absolute Gasteiger partial charge is 0.508 e. The zero-order valence-corrected chi connectivity index (χ0v) is 13.2. The van der Waals surface area contributed by atoms with Gasteiger partial charge in [0.25, 0.3) is 0 Å². The molecule has 5 heteroatoms. The second kappa shape index (κ2) is 7.64. The van der Waals surface area contributed by atoms with Gasteiger partial charge in [-0.05, 0) is 37.5 Å². The first-order valence-electron chi connectivity index (χ1n) is 7.13. The number of carbonyl (C=O) groups is 1. The van der Waals surface area contributed by atoms with Crippen molar-refractivity contribution in [3.8, 4) is 5.75 Å². The number of benzene rings is 1. The molecule has 1 aromatic carbocycles. The monoisotopic (exact) mass is 340 g/mol. The quantitative estimate of drug-likeness (QED) is 0.810. The van der Waals surface area contributed by atoms with Gasteiger partial charge in [-0.25, -0.2) is 0 Å². The molecule has 1 amide bonds. The van der Waals surface area contributed by atoms with Crippen molar-refractivity contribution in [3.05, 3.63) is 28.2 Å². The number of hydrogen-bond donors (Lipinski definition) is 2. The van der Waals surface area contributed by atoms with Gasteiger partial charge in [0, 0.05) is 42.6 Å². The zero-order chi connectivity index (χ0) is 14.4. The summed E-state index contributed by atoms with van der Waals surface area (Å²) in [5, 5.41) is 12.9. The predicted molar refractivity (Wildman–Crippen MR) is 82.6 cm³/mol. The molecule has 0 aliphatic carbocycles. The number of aromatic hydroxyl groups is 1. The van der Waals surface area contributed by atoms with E-state index in [-0.39, 0.29) is 11.7 Å². The molecule has 0 aromatic heterocycles. The van der Waals surface area contributed by atoms with E-state index in [2.05, 4.69) is 21.2 Å². The molecule has 4 nitrogen and oxygen atoms in total. The normalized spacial score (nSPS) is 15.3. The van der Waals surface area contributed by atoms with Crippen LogP contribution in [0, 0.1) is 0 Å². The molecule has 0 saturated carbocycles. The molecule has 1 aliphatic rings. The van der Waals surface area contributed by atoms with Crippen molar-refractivity contribution in [2.75, 3.05) is 19.6 Å². The second-order valence-electron chi connectivity index (χ2n) is 5.14. The van der Waals surface area contributed by atoms with E-state index in [1.807, 2.05) is 11.0 Å². The van der Waals surface area contributed by atoms with Gasteiger partial charge in [0.2, 0.25) is 5.91 Å². The van der Waals surface area contributed by atoms with Crippen LogP contribution in [0.5, 0.6) is 5.75 Å². The van der Waals surface area contributed by atoms with Crippen LogP contribution in [0.2, 0.25) is 0 Å². The SMILES string of the molecule is O=C(CCNCc1cc(Br)ccc1O)N1CCCCC1. The topological polar surface area (TPSA) is 52.6 Å². The molecular weight excluding hydrogens is 320 g/mol. The Balaban J connectivity index is 1.70. The summed E-state index contributed by atoms with van der Waals surface area (Å²) in [6.07, 6.45) is 4.02. The maximum atomic E-state index is 12.0. The number of nitrogens with zero attached hydrogens (tertiary/aromatic N) is 1. The average molecular weight is 341 g/mol. The van der Waals surface area contributed by atoms with E-state index in [0.29, 0.717) is 19.5 Å². The lowest BCUT2D eigenvalue weighted by Crippen LogP contribution is -2.37. The number of rotatable bonds is 5. The Labute approximate surface area is 128 Å². The molecule has 1 saturated heterocycles. The number of hydrogen-bond acceptors (Lipinski definition) is 3. The summed E-state index contributed by atoms with van der Waals surface area (Å²) >= 11 is 3.38. The Kier molecular flexibility index (Phi) is 5.86. The summed E-state index contributed by atoms with van der Waals surface area (Å²) in [5.74, 6) is 0.513. The smallest absolute Gasteiger partial charge is 0.223 e. The van der Waals surface area contributed by atoms with Crippen molar-refractivity contribution >= 4 is 21.8 Å². The number of piperidine rings is 1. The molecule has 1 aliphatic heterocycles. The highest BCUT2D eigenvalue weighted by molar-refractivity contribution is 9.10. The number of nitrogens with one attached hydrogen (secondary N) is 1. The summed E-state index contributed by atoms with van der Waals surface area (Å²) in [6.45, 7) is 3.02. The first-order valence-corrected chi connectivity index (χ1v) is 7.92. The highest BCUT2D eigenvalue weighted by Crippen LogP contribution is 2.21. The van der Waals surface area contributed by atoms with Gasteiger partial charge in [0.15, 0.2) is 0 Å². The van der Waals surface area contributed by atoms with Crippen LogP contribution in [-0.2, 0) is 11.3 Å². The first kappa shape index (κ1) is 15.3. The molecule has 1 aromatic rings. The molecule has 0 spiro atoms.